The molecule has 1 aromatic heterocycles. The molecule has 1 heterocycles. The first kappa shape index (κ1) is 14.5. The number of nitrogens with zero attached hydrogens (tertiary/aromatic N) is 1. The van der Waals surface area contributed by atoms with Gasteiger partial charge in [0.2, 0.25) is 0 Å². The molecule has 0 spiro atoms. The molecule has 2 N–H and O–H groups in total. The summed E-state index contributed by atoms with van der Waals surface area (Å²) in [6, 6.07) is 7.90. The standard InChI is InChI=1S/C16H19FN2O/c1-3-12(18)9-13-8-11(10-19(13)2)16(20)14-6-4-5-7-15(14)17/h4-8,10,12H,3,9,18H2,1-2H3. The minimum absolute atomic E-state index is 0.0695. The van der Waals surface area contributed by atoms with Gasteiger partial charge >= 0.3 is 0 Å². The predicted octanol–water partition coefficient (Wildman–Crippen LogP) is 2.68. The van der Waals surface area contributed by atoms with Crippen LogP contribution < -0.4 is 5.73 Å². The van der Waals surface area contributed by atoms with Gasteiger partial charge in [0.15, 0.2) is 5.78 Å². The highest BCUT2D eigenvalue weighted by molar-refractivity contribution is 6.09. The highest BCUT2D eigenvalue weighted by Crippen LogP contribution is 2.16. The molecule has 0 amide bonds. The number of nitrogens with two attached hydrogens (primary N) is 1. The smallest absolute Gasteiger partial charge is 0.197 e. The topological polar surface area (TPSA) is 48.0 Å². The summed E-state index contributed by atoms with van der Waals surface area (Å²) in [5.74, 6) is -0.789. The van der Waals surface area contributed by atoms with Crippen LogP contribution in [0.15, 0.2) is 36.5 Å². The largest absolute Gasteiger partial charge is 0.354 e. The lowest BCUT2D eigenvalue weighted by Gasteiger charge is -2.08. The van der Waals surface area contributed by atoms with Gasteiger partial charge in [0.25, 0.3) is 0 Å². The molecule has 0 aliphatic rings. The fraction of sp³-hybridized carbons (Fsp3) is 0.312. The molecule has 1 unspecified atom stereocenters. The van der Waals surface area contributed by atoms with E-state index in [0.717, 1.165) is 12.1 Å². The van der Waals surface area contributed by atoms with Gasteiger partial charge in [-0.1, -0.05) is 19.1 Å². The minimum Gasteiger partial charge on any atom is -0.354 e. The number of ketones is 1. The second-order valence-corrected chi connectivity index (χ2v) is 5.01. The number of aromatic nitrogens is 1. The number of halogens is 1. The molecule has 20 heavy (non-hydrogen) atoms. The lowest BCUT2D eigenvalue weighted by atomic mass is 10.0. The predicted molar refractivity (Wildman–Crippen MR) is 77.2 cm³/mol. The van der Waals surface area contributed by atoms with Crippen LogP contribution >= 0.6 is 0 Å². The SMILES string of the molecule is CCC(N)Cc1cc(C(=O)c2ccccc2F)cn1C. The van der Waals surface area contributed by atoms with Crippen LogP contribution in [0, 0.1) is 5.82 Å². The van der Waals surface area contributed by atoms with E-state index in [4.69, 9.17) is 5.73 Å². The van der Waals surface area contributed by atoms with Crippen LogP contribution in [-0.4, -0.2) is 16.4 Å². The molecular weight excluding hydrogens is 255 g/mol. The van der Waals surface area contributed by atoms with Crippen LogP contribution in [0.2, 0.25) is 0 Å². The van der Waals surface area contributed by atoms with Gasteiger partial charge in [-0.3, -0.25) is 4.79 Å². The second kappa shape index (κ2) is 6.01. The van der Waals surface area contributed by atoms with E-state index < -0.39 is 5.82 Å². The van der Waals surface area contributed by atoms with E-state index in [1.54, 1.807) is 24.4 Å². The Hall–Kier alpha value is -1.94. The summed E-state index contributed by atoms with van der Waals surface area (Å²) in [5, 5.41) is 0. The van der Waals surface area contributed by atoms with Gasteiger partial charge < -0.3 is 10.3 Å². The first-order valence-electron chi connectivity index (χ1n) is 6.73. The van der Waals surface area contributed by atoms with E-state index in [1.807, 2.05) is 18.5 Å². The van der Waals surface area contributed by atoms with Crippen molar-refractivity contribution in [3.8, 4) is 0 Å². The average molecular weight is 274 g/mol. The van der Waals surface area contributed by atoms with Crippen LogP contribution in [-0.2, 0) is 13.5 Å². The summed E-state index contributed by atoms with van der Waals surface area (Å²) >= 11 is 0. The van der Waals surface area contributed by atoms with Gasteiger partial charge in [-0.15, -0.1) is 0 Å². The summed E-state index contributed by atoms with van der Waals surface area (Å²) in [4.78, 5) is 12.3. The molecule has 0 aliphatic carbocycles. The molecule has 4 heteroatoms. The van der Waals surface area contributed by atoms with E-state index in [2.05, 4.69) is 0 Å². The number of rotatable bonds is 5. The van der Waals surface area contributed by atoms with Crippen LogP contribution in [0.5, 0.6) is 0 Å². The van der Waals surface area contributed by atoms with Crippen molar-refractivity contribution in [1.82, 2.24) is 4.57 Å². The van der Waals surface area contributed by atoms with Gasteiger partial charge in [-0.25, -0.2) is 4.39 Å². The highest BCUT2D eigenvalue weighted by atomic mass is 19.1. The molecule has 2 aromatic rings. The second-order valence-electron chi connectivity index (χ2n) is 5.01. The number of aryl methyl sites for hydroxylation is 1. The number of hydrogen-bond donors (Lipinski definition) is 1. The number of benzene rings is 1. The number of carbonyl (C=O) groups excluding carboxylic acids is 1. The van der Waals surface area contributed by atoms with Crippen molar-refractivity contribution in [2.24, 2.45) is 12.8 Å². The lowest BCUT2D eigenvalue weighted by Crippen LogP contribution is -2.22. The zero-order valence-corrected chi connectivity index (χ0v) is 11.8. The molecule has 106 valence electrons. The van der Waals surface area contributed by atoms with Crippen LogP contribution in [0.1, 0.15) is 35.0 Å². The van der Waals surface area contributed by atoms with E-state index in [-0.39, 0.29) is 17.4 Å². The Kier molecular flexibility index (Phi) is 4.35. The molecule has 0 saturated heterocycles. The molecule has 1 atom stereocenters. The fourth-order valence-corrected chi connectivity index (χ4v) is 2.15. The Bertz CT molecular complexity index is 619. The van der Waals surface area contributed by atoms with E-state index in [9.17, 15) is 9.18 Å². The van der Waals surface area contributed by atoms with Gasteiger partial charge in [-0.05, 0) is 24.6 Å². The number of hydrogen-bond acceptors (Lipinski definition) is 2. The molecule has 0 radical (unpaired) electrons. The van der Waals surface area contributed by atoms with Crippen molar-refractivity contribution < 1.29 is 9.18 Å². The Morgan fingerprint density at radius 2 is 2.10 bits per heavy atom. The Morgan fingerprint density at radius 1 is 1.40 bits per heavy atom. The molecule has 3 nitrogen and oxygen atoms in total. The minimum atomic E-state index is -0.492. The Balaban J connectivity index is 2.28. The lowest BCUT2D eigenvalue weighted by molar-refractivity contribution is 0.103. The average Bonchev–Trinajstić information content (AvgIpc) is 2.80. The summed E-state index contributed by atoms with van der Waals surface area (Å²) < 4.78 is 15.5. The summed E-state index contributed by atoms with van der Waals surface area (Å²) in [6.45, 7) is 2.03. The maximum absolute atomic E-state index is 13.7. The van der Waals surface area contributed by atoms with Gasteiger partial charge in [0.05, 0.1) is 5.56 Å². The third kappa shape index (κ3) is 2.96. The maximum atomic E-state index is 13.7. The normalized spacial score (nSPS) is 12.4. The zero-order valence-electron chi connectivity index (χ0n) is 11.8. The third-order valence-corrected chi connectivity index (χ3v) is 3.48. The zero-order chi connectivity index (χ0) is 14.7. The maximum Gasteiger partial charge on any atom is 0.197 e. The first-order valence-corrected chi connectivity index (χ1v) is 6.73. The molecule has 0 fully saturated rings. The molecule has 0 bridgehead atoms. The molecule has 1 aromatic carbocycles. The van der Waals surface area contributed by atoms with Gasteiger partial charge in [0.1, 0.15) is 5.82 Å². The van der Waals surface area contributed by atoms with E-state index >= 15 is 0 Å². The first-order chi connectivity index (χ1) is 9.52. The van der Waals surface area contributed by atoms with Crippen molar-refractivity contribution in [2.45, 2.75) is 25.8 Å². The third-order valence-electron chi connectivity index (χ3n) is 3.48. The fourth-order valence-electron chi connectivity index (χ4n) is 2.15. The molecular formula is C16H19FN2O. The van der Waals surface area contributed by atoms with Gasteiger partial charge in [0, 0.05) is 37.0 Å². The molecule has 0 saturated carbocycles. The summed E-state index contributed by atoms with van der Waals surface area (Å²) in [7, 11) is 1.87. The summed E-state index contributed by atoms with van der Waals surface area (Å²) in [5.41, 5.74) is 7.52. The monoisotopic (exact) mass is 274 g/mol. The van der Waals surface area contributed by atoms with Crippen molar-refractivity contribution >= 4 is 5.78 Å². The van der Waals surface area contributed by atoms with E-state index in [1.165, 1.54) is 12.1 Å². The van der Waals surface area contributed by atoms with Crippen LogP contribution in [0.4, 0.5) is 4.39 Å². The van der Waals surface area contributed by atoms with Crippen molar-refractivity contribution in [3.05, 3.63) is 59.2 Å². The van der Waals surface area contributed by atoms with Crippen molar-refractivity contribution in [2.75, 3.05) is 0 Å². The highest BCUT2D eigenvalue weighted by Gasteiger charge is 2.16. The molecule has 0 aliphatic heterocycles. The number of carbonyl (C=O) groups is 1. The van der Waals surface area contributed by atoms with Crippen molar-refractivity contribution in [3.63, 3.8) is 0 Å². The van der Waals surface area contributed by atoms with Crippen LogP contribution in [0.25, 0.3) is 0 Å². The van der Waals surface area contributed by atoms with Crippen molar-refractivity contribution in [1.29, 1.82) is 0 Å². The van der Waals surface area contributed by atoms with Gasteiger partial charge in [-0.2, -0.15) is 0 Å². The van der Waals surface area contributed by atoms with Crippen LogP contribution in [0.3, 0.4) is 0 Å². The Morgan fingerprint density at radius 3 is 2.75 bits per heavy atom. The quantitative estimate of drug-likeness (QED) is 0.852. The summed E-state index contributed by atoms with van der Waals surface area (Å²) in [6.07, 6.45) is 3.31. The Labute approximate surface area is 118 Å². The molecule has 2 rings (SSSR count). The van der Waals surface area contributed by atoms with E-state index in [0.29, 0.717) is 12.0 Å².